The molecule has 27 heavy (non-hydrogen) atoms. The molecule has 3 N–H and O–H groups in total. The van der Waals surface area contributed by atoms with Crippen molar-refractivity contribution >= 4 is 23.1 Å². The molecule has 3 heterocycles. The second-order valence-corrected chi connectivity index (χ2v) is 6.92. The molecule has 138 valence electrons. The van der Waals surface area contributed by atoms with Crippen LogP contribution in [0.1, 0.15) is 18.4 Å². The molecule has 0 saturated carbocycles. The van der Waals surface area contributed by atoms with E-state index in [1.54, 1.807) is 12.5 Å². The van der Waals surface area contributed by atoms with Crippen LogP contribution in [0.25, 0.3) is 0 Å². The zero-order valence-corrected chi connectivity index (χ0v) is 15.3. The molecular weight excluding hydrogens is 336 g/mol. The summed E-state index contributed by atoms with van der Waals surface area (Å²) in [7, 11) is 0. The van der Waals surface area contributed by atoms with Gasteiger partial charge in [-0.2, -0.15) is 0 Å². The fourth-order valence-corrected chi connectivity index (χ4v) is 3.59. The van der Waals surface area contributed by atoms with Crippen molar-refractivity contribution < 1.29 is 0 Å². The quantitative estimate of drug-likeness (QED) is 0.723. The van der Waals surface area contributed by atoms with Crippen molar-refractivity contribution in [2.45, 2.75) is 19.3 Å². The first-order valence-corrected chi connectivity index (χ1v) is 9.37. The van der Waals surface area contributed by atoms with Crippen LogP contribution >= 0.6 is 0 Å². The number of piperidine rings is 1. The van der Waals surface area contributed by atoms with Gasteiger partial charge in [0.05, 0.1) is 0 Å². The lowest BCUT2D eigenvalue weighted by Crippen LogP contribution is -2.35. The summed E-state index contributed by atoms with van der Waals surface area (Å²) in [5.41, 5.74) is 8.35. The van der Waals surface area contributed by atoms with Crippen LogP contribution in [0, 0.1) is 5.92 Å². The van der Waals surface area contributed by atoms with E-state index in [0.717, 1.165) is 44.0 Å². The Morgan fingerprint density at radius 3 is 2.48 bits per heavy atom. The molecule has 0 bridgehead atoms. The third-order valence-corrected chi connectivity index (χ3v) is 5.06. The van der Waals surface area contributed by atoms with Gasteiger partial charge in [-0.1, -0.05) is 36.4 Å². The molecule has 0 amide bonds. The topological polar surface area (TPSA) is 80.0 Å². The molecule has 1 fully saturated rings. The summed E-state index contributed by atoms with van der Waals surface area (Å²) in [4.78, 5) is 15.3. The van der Waals surface area contributed by atoms with Gasteiger partial charge in [0.1, 0.15) is 17.8 Å². The van der Waals surface area contributed by atoms with Crippen LogP contribution in [0.15, 0.2) is 61.1 Å². The van der Waals surface area contributed by atoms with E-state index in [1.165, 1.54) is 5.56 Å². The van der Waals surface area contributed by atoms with Crippen LogP contribution < -0.4 is 16.0 Å². The average Bonchev–Trinajstić information content (AvgIpc) is 2.72. The van der Waals surface area contributed by atoms with Gasteiger partial charge in [-0.05, 0) is 42.9 Å². The summed E-state index contributed by atoms with van der Waals surface area (Å²) in [6, 6.07) is 16.4. The number of nitrogens with two attached hydrogens (primary N) is 1. The smallest absolute Gasteiger partial charge is 0.160 e. The van der Waals surface area contributed by atoms with Gasteiger partial charge in [-0.3, -0.25) is 0 Å². The molecule has 4 rings (SSSR count). The molecule has 1 aliphatic heterocycles. The summed E-state index contributed by atoms with van der Waals surface area (Å²) in [5.74, 6) is 2.83. The summed E-state index contributed by atoms with van der Waals surface area (Å²) >= 11 is 0. The Morgan fingerprint density at radius 1 is 0.963 bits per heavy atom. The number of nitrogens with one attached hydrogen (secondary N) is 1. The Kier molecular flexibility index (Phi) is 5.14. The molecule has 0 unspecified atom stereocenters. The van der Waals surface area contributed by atoms with Crippen LogP contribution in [0.2, 0.25) is 0 Å². The number of benzene rings is 1. The van der Waals surface area contributed by atoms with Gasteiger partial charge < -0.3 is 16.0 Å². The van der Waals surface area contributed by atoms with Gasteiger partial charge in [-0.25, -0.2) is 15.0 Å². The SMILES string of the molecule is Nc1c(Nc2ccccn2)ncnc1N1CCC(Cc2ccccc2)CC1. The molecule has 1 aliphatic rings. The second kappa shape index (κ2) is 8.03. The van der Waals surface area contributed by atoms with E-state index in [4.69, 9.17) is 5.73 Å². The molecule has 6 nitrogen and oxygen atoms in total. The zero-order valence-electron chi connectivity index (χ0n) is 15.3. The van der Waals surface area contributed by atoms with E-state index in [-0.39, 0.29) is 0 Å². The zero-order chi connectivity index (χ0) is 18.5. The monoisotopic (exact) mass is 360 g/mol. The highest BCUT2D eigenvalue weighted by molar-refractivity contribution is 5.77. The number of pyridine rings is 1. The Balaban J connectivity index is 1.41. The molecular formula is C21H24N6. The van der Waals surface area contributed by atoms with Crippen molar-refractivity contribution in [3.05, 3.63) is 66.6 Å². The third kappa shape index (κ3) is 4.16. The highest BCUT2D eigenvalue weighted by Crippen LogP contribution is 2.31. The van der Waals surface area contributed by atoms with E-state index in [1.807, 2.05) is 18.2 Å². The molecule has 6 heteroatoms. The molecule has 2 aromatic heterocycles. The normalized spacial score (nSPS) is 14.9. The standard InChI is InChI=1S/C21H24N6/c22-19-20(26-18-8-4-5-11-23-18)24-15-25-21(19)27-12-9-17(10-13-27)14-16-6-2-1-3-7-16/h1-8,11,15,17H,9-10,12-14,22H2,(H,23,24,25,26). The third-order valence-electron chi connectivity index (χ3n) is 5.06. The van der Waals surface area contributed by atoms with Gasteiger partial charge in [0, 0.05) is 19.3 Å². The van der Waals surface area contributed by atoms with E-state index >= 15 is 0 Å². The van der Waals surface area contributed by atoms with E-state index in [9.17, 15) is 0 Å². The Morgan fingerprint density at radius 2 is 1.74 bits per heavy atom. The Labute approximate surface area is 159 Å². The van der Waals surface area contributed by atoms with Gasteiger partial charge in [0.2, 0.25) is 0 Å². The maximum absolute atomic E-state index is 6.36. The highest BCUT2D eigenvalue weighted by atomic mass is 15.2. The predicted molar refractivity (Wildman–Crippen MR) is 109 cm³/mol. The minimum atomic E-state index is 0.574. The number of nitrogens with zero attached hydrogens (tertiary/aromatic N) is 4. The number of rotatable bonds is 5. The summed E-state index contributed by atoms with van der Waals surface area (Å²) in [6.45, 7) is 1.92. The van der Waals surface area contributed by atoms with Gasteiger partial charge in [0.15, 0.2) is 11.6 Å². The lowest BCUT2D eigenvalue weighted by Gasteiger charge is -2.33. The van der Waals surface area contributed by atoms with Gasteiger partial charge >= 0.3 is 0 Å². The molecule has 0 radical (unpaired) electrons. The fourth-order valence-electron chi connectivity index (χ4n) is 3.59. The van der Waals surface area contributed by atoms with Crippen molar-refractivity contribution in [3.8, 4) is 0 Å². The first kappa shape index (κ1) is 17.3. The van der Waals surface area contributed by atoms with Crippen molar-refractivity contribution in [2.75, 3.05) is 29.0 Å². The molecule has 0 spiro atoms. The van der Waals surface area contributed by atoms with Crippen molar-refractivity contribution in [3.63, 3.8) is 0 Å². The second-order valence-electron chi connectivity index (χ2n) is 6.92. The van der Waals surface area contributed by atoms with Crippen molar-refractivity contribution in [2.24, 2.45) is 5.92 Å². The van der Waals surface area contributed by atoms with E-state index in [2.05, 4.69) is 55.5 Å². The van der Waals surface area contributed by atoms with Gasteiger partial charge in [0.25, 0.3) is 0 Å². The fraction of sp³-hybridized carbons (Fsp3) is 0.286. The first-order chi connectivity index (χ1) is 13.3. The van der Waals surface area contributed by atoms with Gasteiger partial charge in [-0.15, -0.1) is 0 Å². The summed E-state index contributed by atoms with van der Waals surface area (Å²) < 4.78 is 0. The first-order valence-electron chi connectivity index (χ1n) is 9.37. The number of nitrogen functional groups attached to an aromatic ring is 1. The van der Waals surface area contributed by atoms with Crippen LogP contribution in [0.3, 0.4) is 0 Å². The number of hydrogen-bond acceptors (Lipinski definition) is 6. The molecule has 1 saturated heterocycles. The summed E-state index contributed by atoms with van der Waals surface area (Å²) in [6.07, 6.45) is 6.72. The lowest BCUT2D eigenvalue weighted by molar-refractivity contribution is 0.402. The van der Waals surface area contributed by atoms with Crippen molar-refractivity contribution in [1.82, 2.24) is 15.0 Å². The predicted octanol–water partition coefficient (Wildman–Crippen LogP) is 3.66. The maximum atomic E-state index is 6.36. The molecule has 0 aliphatic carbocycles. The Hall–Kier alpha value is -3.15. The number of aromatic nitrogens is 3. The molecule has 1 aromatic carbocycles. The maximum Gasteiger partial charge on any atom is 0.160 e. The lowest BCUT2D eigenvalue weighted by atomic mass is 9.90. The Bertz CT molecular complexity index is 860. The van der Waals surface area contributed by atoms with E-state index in [0.29, 0.717) is 17.4 Å². The minimum Gasteiger partial charge on any atom is -0.393 e. The van der Waals surface area contributed by atoms with E-state index < -0.39 is 0 Å². The van der Waals surface area contributed by atoms with Crippen LogP contribution in [0.5, 0.6) is 0 Å². The molecule has 3 aromatic rings. The minimum absolute atomic E-state index is 0.574. The molecule has 0 atom stereocenters. The number of anilines is 4. The average molecular weight is 360 g/mol. The van der Waals surface area contributed by atoms with Crippen LogP contribution in [-0.2, 0) is 6.42 Å². The van der Waals surface area contributed by atoms with Crippen LogP contribution in [0.4, 0.5) is 23.1 Å². The number of hydrogen-bond donors (Lipinski definition) is 2. The summed E-state index contributed by atoms with van der Waals surface area (Å²) in [5, 5.41) is 3.18. The van der Waals surface area contributed by atoms with Crippen LogP contribution in [-0.4, -0.2) is 28.0 Å². The largest absolute Gasteiger partial charge is 0.393 e. The van der Waals surface area contributed by atoms with Crippen molar-refractivity contribution in [1.29, 1.82) is 0 Å². The highest BCUT2D eigenvalue weighted by Gasteiger charge is 2.23.